The molecule has 0 saturated carbocycles. The molecule has 3 aromatic rings. The first-order valence-corrected chi connectivity index (χ1v) is 9.39. The lowest BCUT2D eigenvalue weighted by Crippen LogP contribution is -2.42. The van der Waals surface area contributed by atoms with Gasteiger partial charge in [-0.15, -0.1) is 0 Å². The third-order valence-electron chi connectivity index (χ3n) is 5.10. The van der Waals surface area contributed by atoms with Crippen LogP contribution in [0.1, 0.15) is 46.9 Å². The Balaban J connectivity index is 1.57. The van der Waals surface area contributed by atoms with Gasteiger partial charge in [0.15, 0.2) is 0 Å². The summed E-state index contributed by atoms with van der Waals surface area (Å²) in [7, 11) is 0. The highest BCUT2D eigenvalue weighted by molar-refractivity contribution is 6.00. The maximum Gasteiger partial charge on any atom is 0.288 e. The second kappa shape index (κ2) is 7.12. The number of hydrogen-bond acceptors (Lipinski definition) is 5. The van der Waals surface area contributed by atoms with Gasteiger partial charge in [-0.2, -0.15) is 0 Å². The van der Waals surface area contributed by atoms with E-state index in [-0.39, 0.29) is 16.7 Å². The molecule has 0 unspecified atom stereocenters. The Hall–Kier alpha value is -3.55. The van der Waals surface area contributed by atoms with Gasteiger partial charge in [0.05, 0.1) is 10.9 Å². The van der Waals surface area contributed by atoms with Crippen molar-refractivity contribution in [2.24, 2.45) is 5.41 Å². The summed E-state index contributed by atoms with van der Waals surface area (Å²) < 4.78 is 1.73. The Kier molecular flexibility index (Phi) is 4.62. The van der Waals surface area contributed by atoms with Crippen molar-refractivity contribution in [1.29, 1.82) is 0 Å². The number of fused-ring (bicyclic) bond motifs is 2. The van der Waals surface area contributed by atoms with Gasteiger partial charge in [0.1, 0.15) is 11.5 Å². The summed E-state index contributed by atoms with van der Waals surface area (Å²) in [6, 6.07) is 9.64. The molecule has 1 aromatic carbocycles. The van der Waals surface area contributed by atoms with Crippen LogP contribution in [0.4, 0.5) is 0 Å². The second-order valence-corrected chi connectivity index (χ2v) is 7.94. The molecule has 8 nitrogen and oxygen atoms in total. The summed E-state index contributed by atoms with van der Waals surface area (Å²) in [4.78, 5) is 45.8. The largest absolute Gasteiger partial charge is 0.296 e. The van der Waals surface area contributed by atoms with Crippen LogP contribution < -0.4 is 16.4 Å². The van der Waals surface area contributed by atoms with E-state index in [4.69, 9.17) is 0 Å². The predicted molar refractivity (Wildman–Crippen MR) is 107 cm³/mol. The molecule has 2 N–H and O–H groups in total. The highest BCUT2D eigenvalue weighted by atomic mass is 16.2. The lowest BCUT2D eigenvalue weighted by Gasteiger charge is -2.31. The third kappa shape index (κ3) is 3.73. The minimum Gasteiger partial charge on any atom is -0.296 e. The summed E-state index contributed by atoms with van der Waals surface area (Å²) in [6.45, 7) is 4.91. The molecule has 0 bridgehead atoms. The highest BCUT2D eigenvalue weighted by Crippen LogP contribution is 2.29. The Morgan fingerprint density at radius 1 is 1.10 bits per heavy atom. The van der Waals surface area contributed by atoms with E-state index in [1.54, 1.807) is 41.0 Å². The first-order valence-electron chi connectivity index (χ1n) is 9.39. The number of nitrogens with one attached hydrogen (secondary N) is 2. The number of hydrazine groups is 1. The van der Waals surface area contributed by atoms with Gasteiger partial charge < -0.3 is 0 Å². The quantitative estimate of drug-likeness (QED) is 0.649. The standard InChI is InChI=1S/C21H21N5O3/c1-21(2)9-8-17-23-16-11-13(6-7-14(16)20(29)26(17)12-21)18(27)24-25-19(28)15-5-3-4-10-22-15/h3-7,10-11H,8-9,12H2,1-2H3,(H,24,27)(H,25,28). The van der Waals surface area contributed by atoms with Crippen LogP contribution in [0, 0.1) is 5.41 Å². The van der Waals surface area contributed by atoms with E-state index in [0.29, 0.717) is 23.0 Å². The van der Waals surface area contributed by atoms with Crippen molar-refractivity contribution in [2.45, 2.75) is 33.2 Å². The summed E-state index contributed by atoms with van der Waals surface area (Å²) in [5, 5.41) is 0.473. The molecule has 1 aliphatic heterocycles. The normalized spacial score (nSPS) is 14.8. The molecule has 2 aromatic heterocycles. The van der Waals surface area contributed by atoms with Gasteiger partial charge in [0, 0.05) is 24.7 Å². The van der Waals surface area contributed by atoms with Gasteiger partial charge in [-0.1, -0.05) is 19.9 Å². The monoisotopic (exact) mass is 391 g/mol. The molecule has 2 amide bonds. The molecule has 8 heteroatoms. The van der Waals surface area contributed by atoms with Gasteiger partial charge in [0.2, 0.25) is 0 Å². The van der Waals surface area contributed by atoms with Gasteiger partial charge in [0.25, 0.3) is 17.4 Å². The summed E-state index contributed by atoms with van der Waals surface area (Å²) in [6.07, 6.45) is 3.16. The molecular formula is C21H21N5O3. The predicted octanol–water partition coefficient (Wildman–Crippen LogP) is 1.84. The number of benzene rings is 1. The van der Waals surface area contributed by atoms with Crippen LogP contribution in [-0.2, 0) is 13.0 Å². The molecule has 0 atom stereocenters. The van der Waals surface area contributed by atoms with Crippen molar-refractivity contribution >= 4 is 22.7 Å². The molecule has 1 aliphatic rings. The van der Waals surface area contributed by atoms with Crippen molar-refractivity contribution in [3.8, 4) is 0 Å². The van der Waals surface area contributed by atoms with Crippen LogP contribution in [0.25, 0.3) is 10.9 Å². The minimum atomic E-state index is -0.521. The first-order chi connectivity index (χ1) is 13.8. The number of aryl methyl sites for hydroxylation is 1. The van der Waals surface area contributed by atoms with Crippen LogP contribution in [0.2, 0.25) is 0 Å². The molecule has 0 fully saturated rings. The zero-order chi connectivity index (χ0) is 20.6. The Morgan fingerprint density at radius 2 is 1.90 bits per heavy atom. The van der Waals surface area contributed by atoms with E-state index in [9.17, 15) is 14.4 Å². The van der Waals surface area contributed by atoms with Crippen molar-refractivity contribution < 1.29 is 9.59 Å². The van der Waals surface area contributed by atoms with E-state index in [1.165, 1.54) is 6.20 Å². The maximum absolute atomic E-state index is 12.9. The van der Waals surface area contributed by atoms with E-state index < -0.39 is 11.8 Å². The third-order valence-corrected chi connectivity index (χ3v) is 5.10. The average molecular weight is 391 g/mol. The lowest BCUT2D eigenvalue weighted by atomic mass is 9.85. The zero-order valence-corrected chi connectivity index (χ0v) is 16.2. The molecule has 148 valence electrons. The van der Waals surface area contributed by atoms with Crippen molar-refractivity contribution in [1.82, 2.24) is 25.4 Å². The highest BCUT2D eigenvalue weighted by Gasteiger charge is 2.27. The van der Waals surface area contributed by atoms with Gasteiger partial charge in [-0.05, 0) is 42.2 Å². The summed E-state index contributed by atoms with van der Waals surface area (Å²) in [5.74, 6) is -0.285. The SMILES string of the molecule is CC1(C)CCc2nc3cc(C(=O)NNC(=O)c4ccccn4)ccc3c(=O)n2C1. The number of amides is 2. The van der Waals surface area contributed by atoms with E-state index in [0.717, 1.165) is 18.7 Å². The topological polar surface area (TPSA) is 106 Å². The molecule has 4 rings (SSSR count). The van der Waals surface area contributed by atoms with Crippen LogP contribution in [0.15, 0.2) is 47.4 Å². The number of nitrogens with zero attached hydrogens (tertiary/aromatic N) is 3. The van der Waals surface area contributed by atoms with E-state index in [1.807, 2.05) is 0 Å². The molecule has 0 aliphatic carbocycles. The lowest BCUT2D eigenvalue weighted by molar-refractivity contribution is 0.0844. The van der Waals surface area contributed by atoms with Crippen LogP contribution in [-0.4, -0.2) is 26.3 Å². The fourth-order valence-corrected chi connectivity index (χ4v) is 3.47. The molecule has 3 heterocycles. The van der Waals surface area contributed by atoms with E-state index >= 15 is 0 Å². The molecule has 0 spiro atoms. The number of aromatic nitrogens is 3. The van der Waals surface area contributed by atoms with Crippen LogP contribution in [0.5, 0.6) is 0 Å². The molecule has 29 heavy (non-hydrogen) atoms. The van der Waals surface area contributed by atoms with Gasteiger partial charge in [-0.25, -0.2) is 4.98 Å². The van der Waals surface area contributed by atoms with E-state index in [2.05, 4.69) is 34.7 Å². The summed E-state index contributed by atoms with van der Waals surface area (Å²) >= 11 is 0. The number of pyridine rings is 1. The number of hydrogen-bond donors (Lipinski definition) is 2. The smallest absolute Gasteiger partial charge is 0.288 e. The number of carbonyl (C=O) groups excluding carboxylic acids is 2. The van der Waals surface area contributed by atoms with Gasteiger partial charge in [-0.3, -0.25) is 34.8 Å². The number of rotatable bonds is 2. The van der Waals surface area contributed by atoms with Gasteiger partial charge >= 0.3 is 0 Å². The molecule has 0 saturated heterocycles. The van der Waals surface area contributed by atoms with Crippen LogP contribution >= 0.6 is 0 Å². The van der Waals surface area contributed by atoms with Crippen molar-refractivity contribution in [3.05, 3.63) is 70.0 Å². The fourth-order valence-electron chi connectivity index (χ4n) is 3.47. The Bertz CT molecular complexity index is 1170. The molecule has 0 radical (unpaired) electrons. The molecular weight excluding hydrogens is 370 g/mol. The minimum absolute atomic E-state index is 0.0534. The zero-order valence-electron chi connectivity index (χ0n) is 16.2. The van der Waals surface area contributed by atoms with Crippen molar-refractivity contribution in [3.63, 3.8) is 0 Å². The Morgan fingerprint density at radius 3 is 2.66 bits per heavy atom. The fraction of sp³-hybridized carbons (Fsp3) is 0.286. The summed E-state index contributed by atoms with van der Waals surface area (Å²) in [5.41, 5.74) is 5.62. The number of carbonyl (C=O) groups is 2. The maximum atomic E-state index is 12.9. The van der Waals surface area contributed by atoms with Crippen LogP contribution in [0.3, 0.4) is 0 Å². The average Bonchev–Trinajstić information content (AvgIpc) is 2.72. The second-order valence-electron chi connectivity index (χ2n) is 7.94. The van der Waals surface area contributed by atoms with Crippen molar-refractivity contribution in [2.75, 3.05) is 0 Å². The first kappa shape index (κ1) is 18.8. The Labute approximate surface area is 167 Å².